The van der Waals surface area contributed by atoms with Crippen molar-refractivity contribution in [2.45, 2.75) is 19.9 Å². The molecule has 0 atom stereocenters. The minimum Gasteiger partial charge on any atom is -0.497 e. The van der Waals surface area contributed by atoms with Crippen LogP contribution in [0, 0.1) is 0 Å². The third-order valence-electron chi connectivity index (χ3n) is 7.24. The standard InChI is InChI=1S/C31H34N4O6/c1-21(2)35(31(38)23-6-13-27-28(18-23)41-20-40-27)19-29(36)32-24-7-9-25(10-8-24)33-14-16-34(17-15-33)30(37)22-4-11-26(39-3)12-5-22/h4-13,18,21H,14-17,19-20H2,1-3H3,(H,32,36). The summed E-state index contributed by atoms with van der Waals surface area (Å²) in [6.45, 7) is 6.43. The molecule has 0 bridgehead atoms. The van der Waals surface area contributed by atoms with Gasteiger partial charge in [-0.3, -0.25) is 14.4 Å². The molecule has 3 aromatic rings. The van der Waals surface area contributed by atoms with E-state index in [4.69, 9.17) is 14.2 Å². The highest BCUT2D eigenvalue weighted by Crippen LogP contribution is 2.33. The minimum absolute atomic E-state index is 0.0119. The number of methoxy groups -OCH3 is 1. The summed E-state index contributed by atoms with van der Waals surface area (Å²) in [5, 5.41) is 2.90. The molecule has 2 aliphatic rings. The highest BCUT2D eigenvalue weighted by Gasteiger charge is 2.25. The van der Waals surface area contributed by atoms with Gasteiger partial charge >= 0.3 is 0 Å². The lowest BCUT2D eigenvalue weighted by atomic mass is 10.1. The number of hydrogen-bond donors (Lipinski definition) is 1. The molecule has 10 nitrogen and oxygen atoms in total. The molecule has 1 saturated heterocycles. The summed E-state index contributed by atoms with van der Waals surface area (Å²) in [4.78, 5) is 44.5. The average Bonchev–Trinajstić information content (AvgIpc) is 3.48. The quantitative estimate of drug-likeness (QED) is 0.448. The molecule has 10 heteroatoms. The lowest BCUT2D eigenvalue weighted by Gasteiger charge is -2.36. The first-order valence-corrected chi connectivity index (χ1v) is 13.6. The molecule has 2 aliphatic heterocycles. The smallest absolute Gasteiger partial charge is 0.254 e. The summed E-state index contributed by atoms with van der Waals surface area (Å²) >= 11 is 0. The molecule has 0 unspecified atom stereocenters. The van der Waals surface area contributed by atoms with E-state index in [0.717, 1.165) is 11.4 Å². The fraction of sp³-hybridized carbons (Fsp3) is 0.323. The Kier molecular flexibility index (Phi) is 8.28. The number of rotatable bonds is 8. The number of ether oxygens (including phenoxy) is 3. The normalized spacial score (nSPS) is 14.1. The van der Waals surface area contributed by atoms with Crippen LogP contribution in [0.25, 0.3) is 0 Å². The highest BCUT2D eigenvalue weighted by atomic mass is 16.7. The highest BCUT2D eigenvalue weighted by molar-refractivity contribution is 6.00. The van der Waals surface area contributed by atoms with Crippen LogP contribution in [0.3, 0.4) is 0 Å². The van der Waals surface area contributed by atoms with Crippen LogP contribution < -0.4 is 24.4 Å². The molecule has 0 radical (unpaired) electrons. The monoisotopic (exact) mass is 558 g/mol. The van der Waals surface area contributed by atoms with E-state index in [2.05, 4.69) is 10.2 Å². The zero-order chi connectivity index (χ0) is 28.9. The average molecular weight is 559 g/mol. The van der Waals surface area contributed by atoms with Gasteiger partial charge in [0.25, 0.3) is 11.8 Å². The predicted octanol–water partition coefficient (Wildman–Crippen LogP) is 3.88. The van der Waals surface area contributed by atoms with Crippen molar-refractivity contribution in [3.05, 3.63) is 77.9 Å². The van der Waals surface area contributed by atoms with E-state index in [0.29, 0.717) is 54.5 Å². The van der Waals surface area contributed by atoms with Gasteiger partial charge in [-0.2, -0.15) is 0 Å². The van der Waals surface area contributed by atoms with Gasteiger partial charge in [0.2, 0.25) is 12.7 Å². The molecule has 1 N–H and O–H groups in total. The van der Waals surface area contributed by atoms with Gasteiger partial charge in [0, 0.05) is 54.7 Å². The van der Waals surface area contributed by atoms with Crippen LogP contribution in [0.4, 0.5) is 11.4 Å². The van der Waals surface area contributed by atoms with Gasteiger partial charge in [-0.15, -0.1) is 0 Å². The van der Waals surface area contributed by atoms with Gasteiger partial charge in [-0.1, -0.05) is 0 Å². The van der Waals surface area contributed by atoms with Crippen LogP contribution in [0.2, 0.25) is 0 Å². The second-order valence-corrected chi connectivity index (χ2v) is 10.2. The van der Waals surface area contributed by atoms with Gasteiger partial charge in [0.05, 0.1) is 7.11 Å². The van der Waals surface area contributed by atoms with E-state index in [-0.39, 0.29) is 37.1 Å². The molecule has 0 spiro atoms. The van der Waals surface area contributed by atoms with Crippen LogP contribution in [0.1, 0.15) is 34.6 Å². The number of benzene rings is 3. The van der Waals surface area contributed by atoms with Crippen molar-refractivity contribution >= 4 is 29.1 Å². The summed E-state index contributed by atoms with van der Waals surface area (Å²) in [6.07, 6.45) is 0. The molecule has 3 amide bonds. The van der Waals surface area contributed by atoms with Crippen LogP contribution in [-0.4, -0.2) is 80.2 Å². The van der Waals surface area contributed by atoms with Gasteiger partial charge in [0.1, 0.15) is 12.3 Å². The Bertz CT molecular complexity index is 1400. The summed E-state index contributed by atoms with van der Waals surface area (Å²) < 4.78 is 15.9. The van der Waals surface area contributed by atoms with Crippen LogP contribution in [0.5, 0.6) is 17.2 Å². The molecule has 214 valence electrons. The Morgan fingerprint density at radius 1 is 0.878 bits per heavy atom. The minimum atomic E-state index is -0.286. The number of amides is 3. The number of nitrogens with one attached hydrogen (secondary N) is 1. The first-order valence-electron chi connectivity index (χ1n) is 13.6. The molecule has 41 heavy (non-hydrogen) atoms. The summed E-state index contributed by atoms with van der Waals surface area (Å²) in [5.74, 6) is 1.31. The summed E-state index contributed by atoms with van der Waals surface area (Å²) in [7, 11) is 1.60. The first kappa shape index (κ1) is 27.8. The molecular formula is C31H34N4O6. The van der Waals surface area contributed by atoms with Gasteiger partial charge in [-0.05, 0) is 80.6 Å². The van der Waals surface area contributed by atoms with E-state index in [9.17, 15) is 14.4 Å². The third kappa shape index (κ3) is 6.37. The van der Waals surface area contributed by atoms with Crippen molar-refractivity contribution < 1.29 is 28.6 Å². The Morgan fingerprint density at radius 3 is 2.20 bits per heavy atom. The van der Waals surface area contributed by atoms with Crippen molar-refractivity contribution in [3.8, 4) is 17.2 Å². The molecule has 0 aromatic heterocycles. The molecular weight excluding hydrogens is 524 g/mol. The number of anilines is 2. The molecule has 0 saturated carbocycles. The second kappa shape index (κ2) is 12.2. The number of carbonyl (C=O) groups excluding carboxylic acids is 3. The van der Waals surface area contributed by atoms with E-state index in [1.54, 1.807) is 49.6 Å². The topological polar surface area (TPSA) is 101 Å². The number of nitrogens with zero attached hydrogens (tertiary/aromatic N) is 3. The maximum Gasteiger partial charge on any atom is 0.254 e. The fourth-order valence-corrected chi connectivity index (χ4v) is 4.88. The van der Waals surface area contributed by atoms with Crippen molar-refractivity contribution in [1.82, 2.24) is 9.80 Å². The Hall–Kier alpha value is -4.73. The molecule has 0 aliphatic carbocycles. The van der Waals surface area contributed by atoms with Crippen LogP contribution >= 0.6 is 0 Å². The summed E-state index contributed by atoms with van der Waals surface area (Å²) in [6, 6.07) is 19.6. The zero-order valence-electron chi connectivity index (χ0n) is 23.5. The zero-order valence-corrected chi connectivity index (χ0v) is 23.5. The Labute approximate surface area is 239 Å². The summed E-state index contributed by atoms with van der Waals surface area (Å²) in [5.41, 5.74) is 2.74. The second-order valence-electron chi connectivity index (χ2n) is 10.2. The van der Waals surface area contributed by atoms with Gasteiger partial charge < -0.3 is 34.2 Å². The van der Waals surface area contributed by atoms with E-state index in [1.165, 1.54) is 4.90 Å². The van der Waals surface area contributed by atoms with Gasteiger partial charge in [-0.25, -0.2) is 0 Å². The SMILES string of the molecule is COc1ccc(C(=O)N2CCN(c3ccc(NC(=O)CN(C(=O)c4ccc5c(c4)OCO5)C(C)C)cc3)CC2)cc1. The number of piperazine rings is 1. The van der Waals surface area contributed by atoms with Crippen molar-refractivity contribution in [1.29, 1.82) is 0 Å². The Balaban J connectivity index is 1.14. The maximum atomic E-state index is 13.2. The molecule has 2 heterocycles. The largest absolute Gasteiger partial charge is 0.497 e. The lowest BCUT2D eigenvalue weighted by molar-refractivity contribution is -0.117. The fourth-order valence-electron chi connectivity index (χ4n) is 4.88. The molecule has 1 fully saturated rings. The van der Waals surface area contributed by atoms with E-state index in [1.807, 2.05) is 43.0 Å². The van der Waals surface area contributed by atoms with Crippen LogP contribution in [-0.2, 0) is 4.79 Å². The number of hydrogen-bond acceptors (Lipinski definition) is 7. The van der Waals surface area contributed by atoms with Crippen molar-refractivity contribution in [3.63, 3.8) is 0 Å². The van der Waals surface area contributed by atoms with E-state index >= 15 is 0 Å². The predicted molar refractivity (Wildman–Crippen MR) is 155 cm³/mol. The maximum absolute atomic E-state index is 13.2. The number of carbonyl (C=O) groups is 3. The Morgan fingerprint density at radius 2 is 1.54 bits per heavy atom. The van der Waals surface area contributed by atoms with Crippen molar-refractivity contribution in [2.24, 2.45) is 0 Å². The number of fused-ring (bicyclic) bond motifs is 1. The molecule has 3 aromatic carbocycles. The first-order chi connectivity index (χ1) is 19.8. The third-order valence-corrected chi connectivity index (χ3v) is 7.24. The molecule has 5 rings (SSSR count). The lowest BCUT2D eigenvalue weighted by Crippen LogP contribution is -2.48. The van der Waals surface area contributed by atoms with Gasteiger partial charge in [0.15, 0.2) is 11.5 Å². The van der Waals surface area contributed by atoms with Crippen LogP contribution in [0.15, 0.2) is 66.7 Å². The van der Waals surface area contributed by atoms with Crippen molar-refractivity contribution in [2.75, 3.05) is 56.8 Å². The van der Waals surface area contributed by atoms with E-state index < -0.39 is 0 Å².